The van der Waals surface area contributed by atoms with Crippen LogP contribution in [0.5, 0.6) is 0 Å². The average molecular weight is 399 g/mol. The molecule has 3 rings (SSSR count). The number of thiocarbonyl (C=S) groups is 1. The predicted molar refractivity (Wildman–Crippen MR) is 115 cm³/mol. The Morgan fingerprint density at radius 3 is 2.41 bits per heavy atom. The van der Waals surface area contributed by atoms with Crippen molar-refractivity contribution in [1.29, 1.82) is 0 Å². The largest absolute Gasteiger partial charge is 0.352 e. The van der Waals surface area contributed by atoms with Gasteiger partial charge >= 0.3 is 0 Å². The van der Waals surface area contributed by atoms with Crippen molar-refractivity contribution >= 4 is 34.6 Å². The molecule has 0 fully saturated rings. The van der Waals surface area contributed by atoms with Gasteiger partial charge in [-0.05, 0) is 61.0 Å². The van der Waals surface area contributed by atoms with Gasteiger partial charge in [0.25, 0.3) is 0 Å². The van der Waals surface area contributed by atoms with Gasteiger partial charge in [-0.15, -0.1) is 0 Å². The van der Waals surface area contributed by atoms with E-state index in [0.717, 1.165) is 11.1 Å². The first-order valence-corrected chi connectivity index (χ1v) is 9.37. The Hall–Kier alpha value is -2.43. The summed E-state index contributed by atoms with van der Waals surface area (Å²) in [5, 5.41) is 6.95. The van der Waals surface area contributed by atoms with Crippen LogP contribution in [0.2, 0.25) is 5.02 Å². The van der Waals surface area contributed by atoms with E-state index in [9.17, 15) is 4.39 Å². The number of anilines is 1. The quantitative estimate of drug-likeness (QED) is 0.514. The molecule has 0 heterocycles. The summed E-state index contributed by atoms with van der Waals surface area (Å²) < 4.78 is 13.4. The van der Waals surface area contributed by atoms with Crippen molar-refractivity contribution in [3.05, 3.63) is 99.8 Å². The Bertz CT molecular complexity index is 960. The lowest BCUT2D eigenvalue weighted by molar-refractivity contribution is 0.628. The SMILES string of the molecule is Cc1ccc([C@H](NC(=S)Nc2ccc(F)c(Cl)c2)c2ccccc2)c(C)c1. The van der Waals surface area contributed by atoms with Crippen molar-refractivity contribution < 1.29 is 4.39 Å². The Morgan fingerprint density at radius 1 is 1.00 bits per heavy atom. The standard InChI is InChI=1S/C22H20ClFN2S/c1-14-8-10-18(15(2)12-14)21(16-6-4-3-5-7-16)26-22(27)25-17-9-11-20(24)19(23)13-17/h3-13,21H,1-2H3,(H2,25,26,27)/t21-/m1/s1. The fourth-order valence-electron chi connectivity index (χ4n) is 3.01. The van der Waals surface area contributed by atoms with Crippen LogP contribution in [0.15, 0.2) is 66.7 Å². The summed E-state index contributed by atoms with van der Waals surface area (Å²) in [5.74, 6) is -0.460. The lowest BCUT2D eigenvalue weighted by Gasteiger charge is -2.24. The van der Waals surface area contributed by atoms with Gasteiger partial charge in [0.2, 0.25) is 0 Å². The summed E-state index contributed by atoms with van der Waals surface area (Å²) >= 11 is 11.4. The monoisotopic (exact) mass is 398 g/mol. The van der Waals surface area contributed by atoms with E-state index in [1.807, 2.05) is 18.2 Å². The zero-order valence-corrected chi connectivity index (χ0v) is 16.7. The van der Waals surface area contributed by atoms with Crippen molar-refractivity contribution in [3.8, 4) is 0 Å². The van der Waals surface area contributed by atoms with Crippen LogP contribution >= 0.6 is 23.8 Å². The van der Waals surface area contributed by atoms with Crippen LogP contribution in [0.25, 0.3) is 0 Å². The lowest BCUT2D eigenvalue weighted by atomic mass is 9.94. The molecule has 0 aliphatic rings. The van der Waals surface area contributed by atoms with Gasteiger partial charge in [0, 0.05) is 5.69 Å². The van der Waals surface area contributed by atoms with E-state index < -0.39 is 5.82 Å². The highest BCUT2D eigenvalue weighted by molar-refractivity contribution is 7.80. The van der Waals surface area contributed by atoms with Crippen LogP contribution in [0.3, 0.4) is 0 Å². The first-order valence-electron chi connectivity index (χ1n) is 8.58. The molecule has 0 saturated carbocycles. The van der Waals surface area contributed by atoms with E-state index >= 15 is 0 Å². The van der Waals surface area contributed by atoms with Gasteiger partial charge < -0.3 is 10.6 Å². The van der Waals surface area contributed by atoms with Crippen LogP contribution in [-0.2, 0) is 0 Å². The topological polar surface area (TPSA) is 24.1 Å². The molecule has 0 unspecified atom stereocenters. The van der Waals surface area contributed by atoms with Gasteiger partial charge in [0.1, 0.15) is 5.82 Å². The third-order valence-corrected chi connectivity index (χ3v) is 4.83. The maximum Gasteiger partial charge on any atom is 0.171 e. The minimum atomic E-state index is -0.460. The van der Waals surface area contributed by atoms with Gasteiger partial charge in [-0.25, -0.2) is 4.39 Å². The number of hydrogen-bond donors (Lipinski definition) is 2. The number of hydrogen-bond acceptors (Lipinski definition) is 1. The second-order valence-electron chi connectivity index (χ2n) is 6.43. The second-order valence-corrected chi connectivity index (χ2v) is 7.25. The summed E-state index contributed by atoms with van der Waals surface area (Å²) in [6, 6.07) is 20.8. The summed E-state index contributed by atoms with van der Waals surface area (Å²) in [4.78, 5) is 0. The summed E-state index contributed by atoms with van der Waals surface area (Å²) in [7, 11) is 0. The molecule has 2 N–H and O–H groups in total. The fourth-order valence-corrected chi connectivity index (χ4v) is 3.42. The molecule has 5 heteroatoms. The number of aryl methyl sites for hydroxylation is 2. The van der Waals surface area contributed by atoms with Crippen molar-refractivity contribution in [3.63, 3.8) is 0 Å². The molecule has 27 heavy (non-hydrogen) atoms. The van der Waals surface area contributed by atoms with Crippen LogP contribution < -0.4 is 10.6 Å². The van der Waals surface area contributed by atoms with Gasteiger partial charge in [-0.1, -0.05) is 65.7 Å². The highest BCUT2D eigenvalue weighted by Gasteiger charge is 2.17. The normalized spacial score (nSPS) is 11.7. The molecule has 0 aliphatic heterocycles. The molecule has 3 aromatic carbocycles. The molecule has 0 saturated heterocycles. The smallest absolute Gasteiger partial charge is 0.171 e. The molecule has 0 radical (unpaired) electrons. The van der Waals surface area contributed by atoms with Crippen LogP contribution in [0, 0.1) is 19.7 Å². The van der Waals surface area contributed by atoms with E-state index in [4.69, 9.17) is 23.8 Å². The van der Waals surface area contributed by atoms with E-state index in [1.54, 1.807) is 6.07 Å². The minimum absolute atomic E-state index is 0.0526. The van der Waals surface area contributed by atoms with Crippen molar-refractivity contribution in [2.24, 2.45) is 0 Å². The van der Waals surface area contributed by atoms with Crippen molar-refractivity contribution in [1.82, 2.24) is 5.32 Å². The van der Waals surface area contributed by atoms with Gasteiger partial charge in [0.15, 0.2) is 5.11 Å². The second kappa shape index (κ2) is 8.51. The molecule has 0 bridgehead atoms. The molecule has 1 atom stereocenters. The Balaban J connectivity index is 1.87. The van der Waals surface area contributed by atoms with E-state index in [2.05, 4.69) is 54.8 Å². The van der Waals surface area contributed by atoms with Gasteiger partial charge in [-0.3, -0.25) is 0 Å². The maximum absolute atomic E-state index is 13.4. The molecular formula is C22H20ClFN2S. The maximum atomic E-state index is 13.4. The number of nitrogens with one attached hydrogen (secondary N) is 2. The highest BCUT2D eigenvalue weighted by atomic mass is 35.5. The van der Waals surface area contributed by atoms with Crippen LogP contribution in [0.1, 0.15) is 28.3 Å². The summed E-state index contributed by atoms with van der Waals surface area (Å²) in [5.41, 5.74) is 5.28. The first kappa shape index (κ1) is 19.3. The Morgan fingerprint density at radius 2 is 1.74 bits per heavy atom. The fraction of sp³-hybridized carbons (Fsp3) is 0.136. The molecule has 138 valence electrons. The highest BCUT2D eigenvalue weighted by Crippen LogP contribution is 2.26. The van der Waals surface area contributed by atoms with Crippen LogP contribution in [-0.4, -0.2) is 5.11 Å². The predicted octanol–water partition coefficient (Wildman–Crippen LogP) is 6.17. The Labute approximate surface area is 169 Å². The van der Waals surface area contributed by atoms with Crippen molar-refractivity contribution in [2.75, 3.05) is 5.32 Å². The molecule has 2 nitrogen and oxygen atoms in total. The van der Waals surface area contributed by atoms with E-state index in [-0.39, 0.29) is 11.1 Å². The number of benzene rings is 3. The number of rotatable bonds is 4. The Kier molecular flexibility index (Phi) is 6.09. The molecule has 0 aliphatic carbocycles. The molecule has 0 amide bonds. The summed E-state index contributed by atoms with van der Waals surface area (Å²) in [6.45, 7) is 4.17. The van der Waals surface area contributed by atoms with Gasteiger partial charge in [0.05, 0.1) is 11.1 Å². The molecule has 0 aromatic heterocycles. The van der Waals surface area contributed by atoms with Crippen LogP contribution in [0.4, 0.5) is 10.1 Å². The zero-order chi connectivity index (χ0) is 19.4. The summed E-state index contributed by atoms with van der Waals surface area (Å²) in [6.07, 6.45) is 0. The third-order valence-electron chi connectivity index (χ3n) is 4.32. The average Bonchev–Trinajstić information content (AvgIpc) is 2.64. The minimum Gasteiger partial charge on any atom is -0.352 e. The zero-order valence-electron chi connectivity index (χ0n) is 15.1. The first-order chi connectivity index (χ1) is 12.9. The molecular weight excluding hydrogens is 379 g/mol. The van der Waals surface area contributed by atoms with E-state index in [1.165, 1.54) is 23.3 Å². The number of halogens is 2. The lowest BCUT2D eigenvalue weighted by Crippen LogP contribution is -2.33. The molecule has 3 aromatic rings. The molecule has 0 spiro atoms. The van der Waals surface area contributed by atoms with Gasteiger partial charge in [-0.2, -0.15) is 0 Å². The van der Waals surface area contributed by atoms with Crippen molar-refractivity contribution in [2.45, 2.75) is 19.9 Å². The van der Waals surface area contributed by atoms with E-state index in [0.29, 0.717) is 10.8 Å². The third kappa shape index (κ3) is 4.85.